The van der Waals surface area contributed by atoms with Gasteiger partial charge in [-0.2, -0.15) is 0 Å². The quantitative estimate of drug-likeness (QED) is 0.717. The number of hydrogen-bond acceptors (Lipinski definition) is 2. The molecular formula is C18H31NS. The Morgan fingerprint density at radius 1 is 1.20 bits per heavy atom. The van der Waals surface area contributed by atoms with E-state index in [-0.39, 0.29) is 0 Å². The highest BCUT2D eigenvalue weighted by atomic mass is 32.1. The Morgan fingerprint density at radius 3 is 2.40 bits per heavy atom. The molecule has 1 N–H and O–H groups in total. The fourth-order valence-electron chi connectivity index (χ4n) is 3.48. The zero-order chi connectivity index (χ0) is 14.5. The van der Waals surface area contributed by atoms with Crippen molar-refractivity contribution in [2.24, 2.45) is 11.8 Å². The van der Waals surface area contributed by atoms with Crippen molar-refractivity contribution >= 4 is 11.3 Å². The molecule has 0 spiro atoms. The third-order valence-corrected chi connectivity index (χ3v) is 6.28. The van der Waals surface area contributed by atoms with Gasteiger partial charge in [0.1, 0.15) is 0 Å². The van der Waals surface area contributed by atoms with Gasteiger partial charge in [0.05, 0.1) is 0 Å². The summed E-state index contributed by atoms with van der Waals surface area (Å²) >= 11 is 2.01. The van der Waals surface area contributed by atoms with Gasteiger partial charge in [-0.25, -0.2) is 0 Å². The minimum absolute atomic E-state index is 0.602. The van der Waals surface area contributed by atoms with E-state index in [9.17, 15) is 0 Å². The Balaban J connectivity index is 2.07. The molecule has 0 bridgehead atoms. The van der Waals surface area contributed by atoms with Crippen molar-refractivity contribution in [1.29, 1.82) is 0 Å². The van der Waals surface area contributed by atoms with Crippen LogP contribution in [0.5, 0.6) is 0 Å². The molecule has 20 heavy (non-hydrogen) atoms. The second-order valence-electron chi connectivity index (χ2n) is 6.51. The van der Waals surface area contributed by atoms with Gasteiger partial charge < -0.3 is 5.32 Å². The molecule has 0 aromatic carbocycles. The predicted molar refractivity (Wildman–Crippen MR) is 90.6 cm³/mol. The molecule has 0 radical (unpaired) electrons. The van der Waals surface area contributed by atoms with Crippen LogP contribution in [0.4, 0.5) is 0 Å². The van der Waals surface area contributed by atoms with Gasteiger partial charge in [-0.3, -0.25) is 0 Å². The first-order valence-electron chi connectivity index (χ1n) is 8.46. The maximum atomic E-state index is 3.84. The van der Waals surface area contributed by atoms with E-state index in [0.717, 1.165) is 18.4 Å². The van der Waals surface area contributed by atoms with E-state index in [1.165, 1.54) is 49.0 Å². The zero-order valence-corrected chi connectivity index (χ0v) is 14.5. The second-order valence-corrected chi connectivity index (χ2v) is 7.80. The minimum Gasteiger partial charge on any atom is -0.309 e. The van der Waals surface area contributed by atoms with Gasteiger partial charge in [0.2, 0.25) is 0 Å². The fraction of sp³-hybridized carbons (Fsp3) is 0.778. The lowest BCUT2D eigenvalue weighted by molar-refractivity contribution is 0.220. The van der Waals surface area contributed by atoms with Crippen LogP contribution in [0.2, 0.25) is 0 Å². The molecule has 1 saturated carbocycles. The normalized spacial score (nSPS) is 24.8. The van der Waals surface area contributed by atoms with Crippen molar-refractivity contribution in [2.75, 3.05) is 6.54 Å². The standard InChI is InChI=1S/C18H31NS/c1-5-11-19-18(17-12-13(3)14(4)20-17)16-9-7-15(6-2)8-10-16/h12,15-16,18-19H,5-11H2,1-4H3. The maximum absolute atomic E-state index is 3.84. The van der Waals surface area contributed by atoms with Gasteiger partial charge in [0, 0.05) is 15.8 Å². The molecule has 0 saturated heterocycles. The molecule has 0 aliphatic heterocycles. The summed E-state index contributed by atoms with van der Waals surface area (Å²) in [7, 11) is 0. The SMILES string of the molecule is CCCNC(c1cc(C)c(C)s1)C1CCC(CC)CC1. The summed E-state index contributed by atoms with van der Waals surface area (Å²) in [6.07, 6.45) is 8.30. The number of aryl methyl sites for hydroxylation is 2. The Morgan fingerprint density at radius 2 is 1.90 bits per heavy atom. The first kappa shape index (κ1) is 16.0. The third kappa shape index (κ3) is 3.85. The monoisotopic (exact) mass is 293 g/mol. The lowest BCUT2D eigenvalue weighted by Gasteiger charge is -2.34. The van der Waals surface area contributed by atoms with Gasteiger partial charge >= 0.3 is 0 Å². The van der Waals surface area contributed by atoms with Gasteiger partial charge in [-0.15, -0.1) is 11.3 Å². The van der Waals surface area contributed by atoms with Crippen LogP contribution in [-0.4, -0.2) is 6.54 Å². The lowest BCUT2D eigenvalue weighted by atomic mass is 9.77. The van der Waals surface area contributed by atoms with Crippen molar-refractivity contribution < 1.29 is 0 Å². The van der Waals surface area contributed by atoms with Gasteiger partial charge in [0.25, 0.3) is 0 Å². The molecule has 1 fully saturated rings. The van der Waals surface area contributed by atoms with Crippen LogP contribution in [0.3, 0.4) is 0 Å². The van der Waals surface area contributed by atoms with E-state index in [0.29, 0.717) is 6.04 Å². The van der Waals surface area contributed by atoms with Crippen molar-refractivity contribution in [3.05, 3.63) is 21.4 Å². The lowest BCUT2D eigenvalue weighted by Crippen LogP contribution is -2.31. The van der Waals surface area contributed by atoms with Crippen LogP contribution < -0.4 is 5.32 Å². The summed E-state index contributed by atoms with van der Waals surface area (Å²) in [6, 6.07) is 3.03. The highest BCUT2D eigenvalue weighted by molar-refractivity contribution is 7.12. The summed E-state index contributed by atoms with van der Waals surface area (Å²) < 4.78 is 0. The van der Waals surface area contributed by atoms with E-state index in [2.05, 4.69) is 39.1 Å². The average Bonchev–Trinajstić information content (AvgIpc) is 2.79. The summed E-state index contributed by atoms with van der Waals surface area (Å²) in [6.45, 7) is 10.3. The van der Waals surface area contributed by atoms with Crippen molar-refractivity contribution in [2.45, 2.75) is 72.3 Å². The summed E-state index contributed by atoms with van der Waals surface area (Å²) in [5.74, 6) is 1.84. The highest BCUT2D eigenvalue weighted by Crippen LogP contribution is 2.40. The van der Waals surface area contributed by atoms with Crippen LogP contribution in [0, 0.1) is 25.7 Å². The van der Waals surface area contributed by atoms with Crippen molar-refractivity contribution in [1.82, 2.24) is 5.32 Å². The van der Waals surface area contributed by atoms with E-state index in [4.69, 9.17) is 0 Å². The average molecular weight is 294 g/mol. The molecule has 1 nitrogen and oxygen atoms in total. The Bertz CT molecular complexity index is 382. The molecule has 1 aromatic rings. The zero-order valence-electron chi connectivity index (χ0n) is 13.7. The second kappa shape index (κ2) is 7.61. The van der Waals surface area contributed by atoms with E-state index < -0.39 is 0 Å². The number of rotatable bonds is 6. The number of nitrogens with one attached hydrogen (secondary N) is 1. The van der Waals surface area contributed by atoms with Gasteiger partial charge in [-0.1, -0.05) is 33.1 Å². The Hall–Kier alpha value is -0.340. The molecule has 1 heterocycles. The third-order valence-electron chi connectivity index (χ3n) is 5.05. The van der Waals surface area contributed by atoms with Crippen molar-refractivity contribution in [3.8, 4) is 0 Å². The van der Waals surface area contributed by atoms with Crippen LogP contribution in [0.1, 0.15) is 73.7 Å². The summed E-state index contributed by atoms with van der Waals surface area (Å²) in [5.41, 5.74) is 1.47. The molecule has 1 atom stereocenters. The smallest absolute Gasteiger partial charge is 0.0443 e. The summed E-state index contributed by atoms with van der Waals surface area (Å²) in [5, 5.41) is 3.84. The van der Waals surface area contributed by atoms with E-state index in [1.807, 2.05) is 11.3 Å². The molecule has 114 valence electrons. The largest absolute Gasteiger partial charge is 0.309 e. The summed E-state index contributed by atoms with van der Waals surface area (Å²) in [4.78, 5) is 3.07. The molecule has 1 aliphatic carbocycles. The molecular weight excluding hydrogens is 262 g/mol. The molecule has 1 unspecified atom stereocenters. The van der Waals surface area contributed by atoms with Crippen LogP contribution in [0.15, 0.2) is 6.07 Å². The number of hydrogen-bond donors (Lipinski definition) is 1. The first-order chi connectivity index (χ1) is 9.65. The van der Waals surface area contributed by atoms with Gasteiger partial charge in [0.15, 0.2) is 0 Å². The predicted octanol–water partition coefficient (Wildman–Crippen LogP) is 5.62. The van der Waals surface area contributed by atoms with E-state index >= 15 is 0 Å². The molecule has 1 aromatic heterocycles. The Kier molecular flexibility index (Phi) is 6.10. The van der Waals surface area contributed by atoms with E-state index in [1.54, 1.807) is 4.88 Å². The molecule has 2 heteroatoms. The Labute approximate surface area is 129 Å². The minimum atomic E-state index is 0.602. The van der Waals surface area contributed by atoms with Gasteiger partial charge in [-0.05, 0) is 63.1 Å². The fourth-order valence-corrected chi connectivity index (χ4v) is 4.70. The highest BCUT2D eigenvalue weighted by Gasteiger charge is 2.28. The topological polar surface area (TPSA) is 12.0 Å². The van der Waals surface area contributed by atoms with Crippen LogP contribution in [0.25, 0.3) is 0 Å². The van der Waals surface area contributed by atoms with Crippen LogP contribution >= 0.6 is 11.3 Å². The molecule has 0 amide bonds. The first-order valence-corrected chi connectivity index (χ1v) is 9.27. The number of thiophene rings is 1. The molecule has 2 rings (SSSR count). The molecule has 1 aliphatic rings. The van der Waals surface area contributed by atoms with Crippen molar-refractivity contribution in [3.63, 3.8) is 0 Å². The van der Waals surface area contributed by atoms with Crippen LogP contribution in [-0.2, 0) is 0 Å². The maximum Gasteiger partial charge on any atom is 0.0443 e.